The number of nitrogens with zero attached hydrogens (tertiary/aromatic N) is 3. The van der Waals surface area contributed by atoms with Gasteiger partial charge < -0.3 is 15.0 Å². The maximum absolute atomic E-state index is 13.1. The van der Waals surface area contributed by atoms with Crippen LogP contribution in [0.15, 0.2) is 41.3 Å². The number of aliphatic hydroxyl groups is 1. The van der Waals surface area contributed by atoms with Gasteiger partial charge in [-0.3, -0.25) is 20.1 Å². The van der Waals surface area contributed by atoms with Crippen molar-refractivity contribution >= 4 is 16.6 Å². The molecule has 2 aromatic heterocycles. The second-order valence-electron chi connectivity index (χ2n) is 9.56. The Kier molecular flexibility index (Phi) is 6.10. The molecule has 0 bridgehead atoms. The summed E-state index contributed by atoms with van der Waals surface area (Å²) in [7, 11) is 1.74. The smallest absolute Gasteiger partial charge is 0.380 e. The first-order chi connectivity index (χ1) is 16.6. The van der Waals surface area contributed by atoms with E-state index in [9.17, 15) is 23.1 Å². The van der Waals surface area contributed by atoms with E-state index < -0.39 is 11.8 Å². The summed E-state index contributed by atoms with van der Waals surface area (Å²) in [6, 6.07) is 9.68. The van der Waals surface area contributed by atoms with E-state index >= 15 is 0 Å². The number of likely N-dealkylation sites (tertiary alicyclic amines) is 1. The second kappa shape index (κ2) is 8.96. The number of hydrogen-bond acceptors (Lipinski definition) is 6. The number of piperidine rings is 2. The normalized spacial score (nSPS) is 23.5. The summed E-state index contributed by atoms with van der Waals surface area (Å²) >= 11 is 0. The summed E-state index contributed by atoms with van der Waals surface area (Å²) in [4.78, 5) is 15.0. The molecule has 11 heteroatoms. The average molecular weight is 491 g/mol. The lowest BCUT2D eigenvalue weighted by atomic mass is 9.89. The minimum Gasteiger partial charge on any atom is -0.380 e. The van der Waals surface area contributed by atoms with Crippen molar-refractivity contribution in [2.75, 3.05) is 25.0 Å². The predicted molar refractivity (Wildman–Crippen MR) is 127 cm³/mol. The molecule has 2 unspecified atom stereocenters. The van der Waals surface area contributed by atoms with Crippen LogP contribution in [0.25, 0.3) is 22.2 Å². The Labute approximate surface area is 200 Å². The van der Waals surface area contributed by atoms with Crippen molar-refractivity contribution in [3.8, 4) is 11.3 Å². The molecule has 4 N–H and O–H groups in total. The van der Waals surface area contributed by atoms with E-state index in [-0.39, 0.29) is 43.7 Å². The zero-order valence-electron chi connectivity index (χ0n) is 19.4. The van der Waals surface area contributed by atoms with Crippen molar-refractivity contribution in [2.24, 2.45) is 7.05 Å². The first-order valence-corrected chi connectivity index (χ1v) is 11.8. The summed E-state index contributed by atoms with van der Waals surface area (Å²) in [6.07, 6.45) is -2.06. The summed E-state index contributed by atoms with van der Waals surface area (Å²) < 4.78 is 40.9. The number of fused-ring (bicyclic) bond motifs is 1. The van der Waals surface area contributed by atoms with E-state index in [4.69, 9.17) is 0 Å². The van der Waals surface area contributed by atoms with E-state index in [0.29, 0.717) is 12.2 Å². The summed E-state index contributed by atoms with van der Waals surface area (Å²) in [6.45, 7) is 1.02. The number of aromatic amines is 1. The van der Waals surface area contributed by atoms with Gasteiger partial charge in [0.1, 0.15) is 5.69 Å². The van der Waals surface area contributed by atoms with Crippen LogP contribution in [0.4, 0.5) is 18.9 Å². The lowest BCUT2D eigenvalue weighted by molar-refractivity contribution is -0.273. The molecular weight excluding hydrogens is 461 g/mol. The Morgan fingerprint density at radius 3 is 2.57 bits per heavy atom. The minimum atomic E-state index is -4.59. The number of hydrogen-bond donors (Lipinski definition) is 4. The molecule has 2 fully saturated rings. The Morgan fingerprint density at radius 1 is 1.17 bits per heavy atom. The van der Waals surface area contributed by atoms with Crippen LogP contribution in [-0.4, -0.2) is 68.4 Å². The third-order valence-corrected chi connectivity index (χ3v) is 7.41. The van der Waals surface area contributed by atoms with Gasteiger partial charge in [-0.05, 0) is 49.9 Å². The fraction of sp³-hybridized carbons (Fsp3) is 0.500. The highest BCUT2D eigenvalue weighted by atomic mass is 19.4. The lowest BCUT2D eigenvalue weighted by Gasteiger charge is -2.44. The van der Waals surface area contributed by atoms with Gasteiger partial charge in [0.2, 0.25) is 0 Å². The highest BCUT2D eigenvalue weighted by Gasteiger charge is 2.54. The van der Waals surface area contributed by atoms with Gasteiger partial charge in [0.25, 0.3) is 5.56 Å². The third-order valence-electron chi connectivity index (χ3n) is 7.41. The van der Waals surface area contributed by atoms with Gasteiger partial charge in [0, 0.05) is 49.9 Å². The molecule has 2 aliphatic heterocycles. The molecule has 8 nitrogen and oxygen atoms in total. The van der Waals surface area contributed by atoms with Gasteiger partial charge in [0.15, 0.2) is 5.60 Å². The number of aromatic nitrogens is 3. The molecule has 35 heavy (non-hydrogen) atoms. The van der Waals surface area contributed by atoms with Crippen molar-refractivity contribution in [1.29, 1.82) is 0 Å². The number of alkyl halides is 3. The number of pyridine rings is 1. The zero-order valence-corrected chi connectivity index (χ0v) is 19.4. The molecule has 2 atom stereocenters. The van der Waals surface area contributed by atoms with Crippen molar-refractivity contribution < 1.29 is 18.3 Å². The molecule has 0 amide bonds. The van der Waals surface area contributed by atoms with Crippen molar-refractivity contribution in [2.45, 2.75) is 49.7 Å². The first kappa shape index (κ1) is 23.8. The van der Waals surface area contributed by atoms with Gasteiger partial charge in [0.05, 0.1) is 17.4 Å². The fourth-order valence-electron chi connectivity index (χ4n) is 5.17. The monoisotopic (exact) mass is 490 g/mol. The van der Waals surface area contributed by atoms with Crippen LogP contribution in [0.2, 0.25) is 0 Å². The Morgan fingerprint density at radius 2 is 1.94 bits per heavy atom. The summed E-state index contributed by atoms with van der Waals surface area (Å²) in [5, 5.41) is 24.6. The van der Waals surface area contributed by atoms with E-state index in [0.717, 1.165) is 35.0 Å². The topological polar surface area (TPSA) is 98.2 Å². The number of benzene rings is 1. The number of H-pyrrole nitrogens is 1. The molecule has 3 aromatic rings. The third kappa shape index (κ3) is 4.55. The lowest BCUT2D eigenvalue weighted by Crippen LogP contribution is -2.58. The van der Waals surface area contributed by atoms with Crippen LogP contribution in [0.3, 0.4) is 0 Å². The number of nitrogens with one attached hydrogen (secondary N) is 3. The van der Waals surface area contributed by atoms with Gasteiger partial charge in [-0.15, -0.1) is 0 Å². The van der Waals surface area contributed by atoms with Gasteiger partial charge in [-0.25, -0.2) is 0 Å². The minimum absolute atomic E-state index is 0.0988. The second-order valence-corrected chi connectivity index (χ2v) is 9.56. The van der Waals surface area contributed by atoms with Crippen LogP contribution < -0.4 is 16.2 Å². The van der Waals surface area contributed by atoms with Crippen molar-refractivity contribution in [3.05, 3.63) is 46.9 Å². The summed E-state index contributed by atoms with van der Waals surface area (Å²) in [5.74, 6) is 0. The van der Waals surface area contributed by atoms with E-state index in [2.05, 4.69) is 20.8 Å². The maximum Gasteiger partial charge on any atom is 0.417 e. The van der Waals surface area contributed by atoms with Crippen molar-refractivity contribution in [1.82, 2.24) is 25.0 Å². The SMILES string of the molecule is Cn1c(=O)c(NC2CCC(N3CCC(O)(C(F)(F)F)CC3)CN2)cc2cc(-c3cc[nH]n3)ccc21. The average Bonchev–Trinajstić information content (AvgIpc) is 3.38. The molecule has 0 spiro atoms. The van der Waals surface area contributed by atoms with Crippen LogP contribution in [0.1, 0.15) is 25.7 Å². The molecule has 2 saturated heterocycles. The highest BCUT2D eigenvalue weighted by Crippen LogP contribution is 2.39. The molecule has 4 heterocycles. The highest BCUT2D eigenvalue weighted by molar-refractivity contribution is 5.86. The molecule has 1 aromatic carbocycles. The van der Waals surface area contributed by atoms with Crippen molar-refractivity contribution in [3.63, 3.8) is 0 Å². The number of halogens is 3. The van der Waals surface area contributed by atoms with Crippen LogP contribution in [0.5, 0.6) is 0 Å². The zero-order chi connectivity index (χ0) is 24.8. The molecule has 0 saturated carbocycles. The van der Waals surface area contributed by atoms with E-state index in [1.165, 1.54) is 0 Å². The van der Waals surface area contributed by atoms with Gasteiger partial charge in [-0.2, -0.15) is 18.3 Å². The fourth-order valence-corrected chi connectivity index (χ4v) is 5.17. The molecule has 0 aliphatic carbocycles. The largest absolute Gasteiger partial charge is 0.417 e. The quantitative estimate of drug-likeness (QED) is 0.449. The Hall–Kier alpha value is -2.89. The predicted octanol–water partition coefficient (Wildman–Crippen LogP) is 2.81. The molecular formula is C24H29F3N6O2. The standard InChI is InChI=1S/C24H29F3N6O2/c1-32-20-4-2-15(18-6-9-29-31-18)12-16(20)13-19(22(32)34)30-21-5-3-17(14-28-21)33-10-7-23(35,8-11-33)24(25,26)27/h2,4,6,9,12-13,17,21,28,30,35H,3,5,7-8,10-11,14H2,1H3,(H,29,31). The van der Waals surface area contributed by atoms with Crippen LogP contribution in [-0.2, 0) is 7.05 Å². The van der Waals surface area contributed by atoms with Gasteiger partial charge in [-0.1, -0.05) is 6.07 Å². The molecule has 188 valence electrons. The molecule has 5 rings (SSSR count). The number of aryl methyl sites for hydroxylation is 1. The molecule has 0 radical (unpaired) electrons. The van der Waals surface area contributed by atoms with E-state index in [1.54, 1.807) is 17.8 Å². The van der Waals surface area contributed by atoms with Crippen LogP contribution in [0, 0.1) is 0 Å². The first-order valence-electron chi connectivity index (χ1n) is 11.8. The van der Waals surface area contributed by atoms with E-state index in [1.807, 2.05) is 35.2 Å². The molecule has 2 aliphatic rings. The number of rotatable bonds is 4. The Bertz CT molecular complexity index is 1240. The van der Waals surface area contributed by atoms with Gasteiger partial charge >= 0.3 is 6.18 Å². The Balaban J connectivity index is 1.24. The number of anilines is 1. The van der Waals surface area contributed by atoms with Crippen LogP contribution >= 0.6 is 0 Å². The maximum atomic E-state index is 13.1. The summed E-state index contributed by atoms with van der Waals surface area (Å²) in [5.41, 5.74) is 0.366.